The highest BCUT2D eigenvalue weighted by molar-refractivity contribution is 5.94. The maximum absolute atomic E-state index is 13.4. The van der Waals surface area contributed by atoms with Crippen LogP contribution in [0.5, 0.6) is 5.75 Å². The third-order valence-corrected chi connectivity index (χ3v) is 3.96. The molecule has 0 unspecified atom stereocenters. The molecule has 28 heavy (non-hydrogen) atoms. The van der Waals surface area contributed by atoms with Crippen LogP contribution in [0.25, 0.3) is 17.1 Å². The maximum Gasteiger partial charge on any atom is 0.420 e. The smallest absolute Gasteiger partial charge is 0.420 e. The van der Waals surface area contributed by atoms with Gasteiger partial charge in [-0.2, -0.15) is 18.3 Å². The number of alkyl halides is 3. The fraction of sp³-hybridized carbons (Fsp3) is 0.211. The molecule has 0 spiro atoms. The SMILES string of the molecule is CCNC(=O)c1cc(-c2ccc(OC)cc2)nn1-c1ncccc1C(F)(F)F. The predicted molar refractivity (Wildman–Crippen MR) is 96.4 cm³/mol. The predicted octanol–water partition coefficient (Wildman–Crippen LogP) is 3.71. The number of hydrogen-bond acceptors (Lipinski definition) is 4. The summed E-state index contributed by atoms with van der Waals surface area (Å²) >= 11 is 0. The van der Waals surface area contributed by atoms with Crippen LogP contribution in [-0.2, 0) is 6.18 Å². The summed E-state index contributed by atoms with van der Waals surface area (Å²) in [6, 6.07) is 10.3. The molecule has 0 fully saturated rings. The largest absolute Gasteiger partial charge is 0.497 e. The normalized spacial score (nSPS) is 11.3. The molecule has 0 atom stereocenters. The van der Waals surface area contributed by atoms with Gasteiger partial charge in [0.1, 0.15) is 17.0 Å². The zero-order chi connectivity index (χ0) is 20.3. The van der Waals surface area contributed by atoms with Crippen molar-refractivity contribution in [2.75, 3.05) is 13.7 Å². The van der Waals surface area contributed by atoms with Crippen LogP contribution >= 0.6 is 0 Å². The van der Waals surface area contributed by atoms with Crippen molar-refractivity contribution in [2.24, 2.45) is 0 Å². The molecule has 3 aromatic rings. The molecule has 2 aromatic heterocycles. The molecule has 0 saturated heterocycles. The Morgan fingerprint density at radius 3 is 2.54 bits per heavy atom. The quantitative estimate of drug-likeness (QED) is 0.721. The van der Waals surface area contributed by atoms with Crippen LogP contribution in [0.2, 0.25) is 0 Å². The number of pyridine rings is 1. The minimum atomic E-state index is -4.64. The van der Waals surface area contributed by atoms with E-state index < -0.39 is 23.5 Å². The molecular formula is C19H17F3N4O2. The average molecular weight is 390 g/mol. The summed E-state index contributed by atoms with van der Waals surface area (Å²) in [7, 11) is 1.52. The fourth-order valence-corrected chi connectivity index (χ4v) is 2.65. The van der Waals surface area contributed by atoms with Gasteiger partial charge in [0.15, 0.2) is 5.82 Å². The number of carbonyl (C=O) groups excluding carboxylic acids is 1. The van der Waals surface area contributed by atoms with E-state index in [1.54, 1.807) is 31.2 Å². The lowest BCUT2D eigenvalue weighted by Gasteiger charge is -2.13. The van der Waals surface area contributed by atoms with Gasteiger partial charge in [-0.15, -0.1) is 0 Å². The van der Waals surface area contributed by atoms with E-state index in [1.807, 2.05) is 0 Å². The molecule has 1 N–H and O–H groups in total. The third-order valence-electron chi connectivity index (χ3n) is 3.96. The second-order valence-corrected chi connectivity index (χ2v) is 5.79. The molecule has 1 aromatic carbocycles. The number of benzene rings is 1. The Hall–Kier alpha value is -3.36. The van der Waals surface area contributed by atoms with Crippen LogP contribution in [0.4, 0.5) is 13.2 Å². The molecule has 3 rings (SSSR count). The number of methoxy groups -OCH3 is 1. The van der Waals surface area contributed by atoms with Crippen molar-refractivity contribution in [3.05, 3.63) is 59.9 Å². The van der Waals surface area contributed by atoms with Gasteiger partial charge in [-0.1, -0.05) is 0 Å². The standard InChI is InChI=1S/C19H17F3N4O2/c1-3-23-18(27)16-11-15(12-6-8-13(28-2)9-7-12)25-26(16)17-14(19(20,21)22)5-4-10-24-17/h4-11H,3H2,1-2H3,(H,23,27). The molecule has 2 heterocycles. The van der Waals surface area contributed by atoms with Crippen LogP contribution in [0.15, 0.2) is 48.7 Å². The van der Waals surface area contributed by atoms with Crippen molar-refractivity contribution in [3.63, 3.8) is 0 Å². The molecule has 0 saturated carbocycles. The number of hydrogen-bond donors (Lipinski definition) is 1. The monoisotopic (exact) mass is 390 g/mol. The van der Waals surface area contributed by atoms with Gasteiger partial charge in [0, 0.05) is 18.3 Å². The van der Waals surface area contributed by atoms with Gasteiger partial charge in [-0.25, -0.2) is 9.67 Å². The lowest BCUT2D eigenvalue weighted by atomic mass is 10.1. The average Bonchev–Trinajstić information content (AvgIpc) is 3.13. The van der Waals surface area contributed by atoms with Crippen molar-refractivity contribution >= 4 is 5.91 Å². The highest BCUT2D eigenvalue weighted by atomic mass is 19.4. The Bertz CT molecular complexity index is 982. The summed E-state index contributed by atoms with van der Waals surface area (Å²) in [6.07, 6.45) is -3.42. The number of halogens is 3. The molecule has 0 bridgehead atoms. The van der Waals surface area contributed by atoms with Crippen LogP contribution in [0.1, 0.15) is 23.0 Å². The summed E-state index contributed by atoms with van der Waals surface area (Å²) < 4.78 is 46.3. The summed E-state index contributed by atoms with van der Waals surface area (Å²) in [5.74, 6) is -0.388. The second kappa shape index (κ2) is 7.71. The summed E-state index contributed by atoms with van der Waals surface area (Å²) in [5.41, 5.74) is -0.0703. The molecule has 0 aliphatic carbocycles. The van der Waals surface area contributed by atoms with Crippen LogP contribution < -0.4 is 10.1 Å². The lowest BCUT2D eigenvalue weighted by molar-refractivity contribution is -0.137. The summed E-state index contributed by atoms with van der Waals surface area (Å²) in [6.45, 7) is 2.03. The number of nitrogens with zero attached hydrogens (tertiary/aromatic N) is 3. The van der Waals surface area contributed by atoms with E-state index in [4.69, 9.17) is 4.74 Å². The highest BCUT2D eigenvalue weighted by Crippen LogP contribution is 2.33. The van der Waals surface area contributed by atoms with E-state index in [1.165, 1.54) is 25.4 Å². The first kappa shape index (κ1) is 19.4. The topological polar surface area (TPSA) is 69.0 Å². The maximum atomic E-state index is 13.4. The Morgan fingerprint density at radius 1 is 1.21 bits per heavy atom. The minimum Gasteiger partial charge on any atom is -0.497 e. The van der Waals surface area contributed by atoms with Crippen molar-refractivity contribution < 1.29 is 22.7 Å². The van der Waals surface area contributed by atoms with E-state index in [-0.39, 0.29) is 5.69 Å². The molecule has 9 heteroatoms. The van der Waals surface area contributed by atoms with Gasteiger partial charge < -0.3 is 10.1 Å². The first-order chi connectivity index (χ1) is 13.3. The van der Waals surface area contributed by atoms with E-state index in [2.05, 4.69) is 15.4 Å². The Morgan fingerprint density at radius 2 is 1.93 bits per heavy atom. The van der Waals surface area contributed by atoms with Gasteiger partial charge in [0.2, 0.25) is 0 Å². The first-order valence-corrected chi connectivity index (χ1v) is 8.40. The van der Waals surface area contributed by atoms with Gasteiger partial charge in [-0.05, 0) is 49.4 Å². The number of aromatic nitrogens is 3. The van der Waals surface area contributed by atoms with E-state index in [9.17, 15) is 18.0 Å². The Balaban J connectivity index is 2.17. The molecular weight excluding hydrogens is 373 g/mol. The molecule has 0 aliphatic heterocycles. The first-order valence-electron chi connectivity index (χ1n) is 8.40. The number of amides is 1. The minimum absolute atomic E-state index is 0.0446. The Kier molecular flexibility index (Phi) is 5.34. The number of carbonyl (C=O) groups is 1. The van der Waals surface area contributed by atoms with Crippen molar-refractivity contribution in [2.45, 2.75) is 13.1 Å². The van der Waals surface area contributed by atoms with E-state index in [0.29, 0.717) is 23.6 Å². The molecule has 146 valence electrons. The highest BCUT2D eigenvalue weighted by Gasteiger charge is 2.36. The van der Waals surface area contributed by atoms with E-state index in [0.717, 1.165) is 10.7 Å². The van der Waals surface area contributed by atoms with Crippen LogP contribution in [0, 0.1) is 0 Å². The molecule has 0 aliphatic rings. The van der Waals surface area contributed by atoms with Gasteiger partial charge in [0.25, 0.3) is 5.91 Å². The van der Waals surface area contributed by atoms with Crippen molar-refractivity contribution in [1.82, 2.24) is 20.1 Å². The third kappa shape index (κ3) is 3.83. The zero-order valence-corrected chi connectivity index (χ0v) is 15.1. The van der Waals surface area contributed by atoms with Gasteiger partial charge >= 0.3 is 6.18 Å². The van der Waals surface area contributed by atoms with E-state index >= 15 is 0 Å². The number of ether oxygens (including phenoxy) is 1. The molecule has 0 radical (unpaired) electrons. The molecule has 1 amide bonds. The van der Waals surface area contributed by atoms with Gasteiger partial charge in [-0.3, -0.25) is 4.79 Å². The zero-order valence-electron chi connectivity index (χ0n) is 15.1. The summed E-state index contributed by atoms with van der Waals surface area (Å²) in [5, 5.41) is 6.82. The number of rotatable bonds is 5. The van der Waals surface area contributed by atoms with Crippen molar-refractivity contribution in [1.29, 1.82) is 0 Å². The fourth-order valence-electron chi connectivity index (χ4n) is 2.65. The van der Waals surface area contributed by atoms with Crippen molar-refractivity contribution in [3.8, 4) is 22.8 Å². The molecule has 6 nitrogen and oxygen atoms in total. The summed E-state index contributed by atoms with van der Waals surface area (Å²) in [4.78, 5) is 16.3. The van der Waals surface area contributed by atoms with Crippen LogP contribution in [0.3, 0.4) is 0 Å². The number of nitrogens with one attached hydrogen (secondary N) is 1. The van der Waals surface area contributed by atoms with Gasteiger partial charge in [0.05, 0.1) is 12.8 Å². The second-order valence-electron chi connectivity index (χ2n) is 5.79. The van der Waals surface area contributed by atoms with Crippen LogP contribution in [-0.4, -0.2) is 34.3 Å². The Labute approximate surface area is 159 Å². The lowest BCUT2D eigenvalue weighted by Crippen LogP contribution is -2.26.